The van der Waals surface area contributed by atoms with E-state index in [4.69, 9.17) is 4.74 Å². The van der Waals surface area contributed by atoms with E-state index < -0.39 is 0 Å². The molecule has 0 fully saturated rings. The summed E-state index contributed by atoms with van der Waals surface area (Å²) in [5.74, 6) is 0. The van der Waals surface area contributed by atoms with E-state index in [0.717, 1.165) is 32.6 Å². The fourth-order valence-electron chi connectivity index (χ4n) is 1.79. The summed E-state index contributed by atoms with van der Waals surface area (Å²) in [6.07, 6.45) is 2.72. The van der Waals surface area contributed by atoms with E-state index in [0.29, 0.717) is 12.1 Å². The number of methoxy groups -OCH3 is 1. The lowest BCUT2D eigenvalue weighted by Gasteiger charge is -2.23. The van der Waals surface area contributed by atoms with Gasteiger partial charge in [-0.25, -0.2) is 0 Å². The molecule has 2 unspecified atom stereocenters. The molecule has 0 rings (SSSR count). The normalized spacial score (nSPS) is 15.4. The van der Waals surface area contributed by atoms with Crippen molar-refractivity contribution in [1.82, 2.24) is 10.2 Å². The molecule has 2 atom stereocenters. The largest absolute Gasteiger partial charge is 0.382 e. The molecule has 0 spiro atoms. The molecule has 0 aliphatic carbocycles. The molecule has 0 heterocycles. The fourth-order valence-corrected chi connectivity index (χ4v) is 1.79. The van der Waals surface area contributed by atoms with Gasteiger partial charge in [-0.2, -0.15) is 0 Å². The van der Waals surface area contributed by atoms with Gasteiger partial charge >= 0.3 is 0 Å². The fraction of sp³-hybridized carbons (Fsp3) is 1.00. The number of nitrogens with one attached hydrogen (secondary N) is 1. The second-order valence-electron chi connectivity index (χ2n) is 4.53. The van der Waals surface area contributed by atoms with Crippen LogP contribution in [0.5, 0.6) is 0 Å². The van der Waals surface area contributed by atoms with Gasteiger partial charge in [0.1, 0.15) is 0 Å². The third kappa shape index (κ3) is 8.08. The number of nitrogens with zero attached hydrogens (tertiary/aromatic N) is 1. The Balaban J connectivity index is 3.46. The summed E-state index contributed by atoms with van der Waals surface area (Å²) in [6, 6.07) is 0.581. The Hall–Kier alpha value is -0.120. The Morgan fingerprint density at radius 1 is 1.19 bits per heavy atom. The molecular formula is C13H30N2O. The second kappa shape index (κ2) is 10.1. The Morgan fingerprint density at radius 2 is 1.81 bits per heavy atom. The number of ether oxygens (including phenoxy) is 1. The first-order chi connectivity index (χ1) is 7.63. The quantitative estimate of drug-likeness (QED) is 0.582. The molecule has 3 nitrogen and oxygen atoms in total. The molecule has 0 aliphatic rings. The van der Waals surface area contributed by atoms with E-state index in [1.165, 1.54) is 6.42 Å². The lowest BCUT2D eigenvalue weighted by molar-refractivity contribution is 0.109. The van der Waals surface area contributed by atoms with Crippen LogP contribution in [0.25, 0.3) is 0 Å². The zero-order valence-electron chi connectivity index (χ0n) is 11.8. The predicted octanol–water partition coefficient (Wildman–Crippen LogP) is 2.12. The summed E-state index contributed by atoms with van der Waals surface area (Å²) in [7, 11) is 1.78. The van der Waals surface area contributed by atoms with Crippen molar-refractivity contribution in [3.63, 3.8) is 0 Å². The molecular weight excluding hydrogens is 200 g/mol. The Labute approximate surface area is 102 Å². The van der Waals surface area contributed by atoms with Gasteiger partial charge in [0, 0.05) is 19.7 Å². The second-order valence-corrected chi connectivity index (χ2v) is 4.53. The summed E-state index contributed by atoms with van der Waals surface area (Å²) in [4.78, 5) is 2.45. The van der Waals surface area contributed by atoms with E-state index in [2.05, 4.69) is 37.9 Å². The lowest BCUT2D eigenvalue weighted by atomic mass is 10.2. The summed E-state index contributed by atoms with van der Waals surface area (Å²) < 4.78 is 5.22. The third-order valence-corrected chi connectivity index (χ3v) is 3.11. The van der Waals surface area contributed by atoms with Crippen molar-refractivity contribution in [1.29, 1.82) is 0 Å². The maximum atomic E-state index is 5.22. The maximum absolute atomic E-state index is 5.22. The SMILES string of the molecule is CCN(CC)CC(C)NCCCC(C)OC. The van der Waals surface area contributed by atoms with Crippen molar-refractivity contribution in [2.45, 2.75) is 52.7 Å². The van der Waals surface area contributed by atoms with Crippen LogP contribution in [0.1, 0.15) is 40.5 Å². The van der Waals surface area contributed by atoms with Gasteiger partial charge in [0.2, 0.25) is 0 Å². The van der Waals surface area contributed by atoms with Gasteiger partial charge in [0.05, 0.1) is 6.10 Å². The van der Waals surface area contributed by atoms with Crippen LogP contribution in [0.4, 0.5) is 0 Å². The number of hydrogen-bond acceptors (Lipinski definition) is 3. The van der Waals surface area contributed by atoms with Crippen molar-refractivity contribution in [3.05, 3.63) is 0 Å². The molecule has 0 bridgehead atoms. The van der Waals surface area contributed by atoms with Crippen LogP contribution in [0.2, 0.25) is 0 Å². The molecule has 0 amide bonds. The average Bonchev–Trinajstić information content (AvgIpc) is 2.31. The predicted molar refractivity (Wildman–Crippen MR) is 71.0 cm³/mol. The number of rotatable bonds is 10. The molecule has 16 heavy (non-hydrogen) atoms. The van der Waals surface area contributed by atoms with Gasteiger partial charge in [-0.15, -0.1) is 0 Å². The molecule has 0 aromatic carbocycles. The molecule has 0 saturated carbocycles. The van der Waals surface area contributed by atoms with Gasteiger partial charge in [-0.1, -0.05) is 13.8 Å². The van der Waals surface area contributed by atoms with Crippen molar-refractivity contribution >= 4 is 0 Å². The molecule has 0 aromatic heterocycles. The highest BCUT2D eigenvalue weighted by Crippen LogP contribution is 1.99. The monoisotopic (exact) mass is 230 g/mol. The smallest absolute Gasteiger partial charge is 0.0543 e. The molecule has 0 aliphatic heterocycles. The highest BCUT2D eigenvalue weighted by atomic mass is 16.5. The van der Waals surface area contributed by atoms with E-state index in [1.807, 2.05) is 0 Å². The van der Waals surface area contributed by atoms with Crippen molar-refractivity contribution in [3.8, 4) is 0 Å². The first-order valence-electron chi connectivity index (χ1n) is 6.62. The molecule has 3 heteroatoms. The summed E-state index contributed by atoms with van der Waals surface area (Å²) in [5, 5.41) is 3.56. The molecule has 0 radical (unpaired) electrons. The Kier molecular flexibility index (Phi) is 9.99. The first-order valence-corrected chi connectivity index (χ1v) is 6.62. The topological polar surface area (TPSA) is 24.5 Å². The van der Waals surface area contributed by atoms with Crippen LogP contribution in [0, 0.1) is 0 Å². The van der Waals surface area contributed by atoms with Gasteiger partial charge in [-0.05, 0) is 46.3 Å². The van der Waals surface area contributed by atoms with Crippen LogP contribution >= 0.6 is 0 Å². The van der Waals surface area contributed by atoms with E-state index >= 15 is 0 Å². The zero-order chi connectivity index (χ0) is 12.4. The van der Waals surface area contributed by atoms with Gasteiger partial charge in [0.25, 0.3) is 0 Å². The molecule has 1 N–H and O–H groups in total. The van der Waals surface area contributed by atoms with Gasteiger partial charge in [0.15, 0.2) is 0 Å². The Morgan fingerprint density at radius 3 is 2.31 bits per heavy atom. The highest BCUT2D eigenvalue weighted by molar-refractivity contribution is 4.66. The van der Waals surface area contributed by atoms with Crippen LogP contribution in [0.15, 0.2) is 0 Å². The van der Waals surface area contributed by atoms with Crippen LogP contribution in [-0.4, -0.2) is 50.3 Å². The molecule has 0 saturated heterocycles. The summed E-state index contributed by atoms with van der Waals surface area (Å²) in [5.41, 5.74) is 0. The van der Waals surface area contributed by atoms with Crippen molar-refractivity contribution in [2.75, 3.05) is 33.3 Å². The van der Waals surface area contributed by atoms with Crippen LogP contribution in [0.3, 0.4) is 0 Å². The molecule has 98 valence electrons. The minimum absolute atomic E-state index is 0.389. The minimum Gasteiger partial charge on any atom is -0.382 e. The first kappa shape index (κ1) is 15.9. The van der Waals surface area contributed by atoms with Crippen molar-refractivity contribution in [2.24, 2.45) is 0 Å². The van der Waals surface area contributed by atoms with Crippen LogP contribution < -0.4 is 5.32 Å². The summed E-state index contributed by atoms with van der Waals surface area (Å²) >= 11 is 0. The Bertz CT molecular complexity index is 149. The highest BCUT2D eigenvalue weighted by Gasteiger charge is 2.06. The lowest BCUT2D eigenvalue weighted by Crippen LogP contribution is -2.39. The summed E-state index contributed by atoms with van der Waals surface area (Å²) in [6.45, 7) is 13.3. The average molecular weight is 230 g/mol. The van der Waals surface area contributed by atoms with Crippen LogP contribution in [-0.2, 0) is 4.74 Å². The zero-order valence-corrected chi connectivity index (χ0v) is 11.8. The minimum atomic E-state index is 0.389. The van der Waals surface area contributed by atoms with E-state index in [9.17, 15) is 0 Å². The number of hydrogen-bond donors (Lipinski definition) is 1. The van der Waals surface area contributed by atoms with E-state index in [1.54, 1.807) is 7.11 Å². The third-order valence-electron chi connectivity index (χ3n) is 3.11. The maximum Gasteiger partial charge on any atom is 0.0543 e. The molecule has 0 aromatic rings. The van der Waals surface area contributed by atoms with Crippen molar-refractivity contribution < 1.29 is 4.74 Å². The van der Waals surface area contributed by atoms with E-state index in [-0.39, 0.29) is 0 Å². The van der Waals surface area contributed by atoms with Gasteiger partial charge in [-0.3, -0.25) is 0 Å². The standard InChI is InChI=1S/C13H30N2O/c1-6-15(7-2)11-12(3)14-10-8-9-13(4)16-5/h12-14H,6-11H2,1-5H3. The van der Waals surface area contributed by atoms with Gasteiger partial charge < -0.3 is 15.0 Å². The number of likely N-dealkylation sites (N-methyl/N-ethyl adjacent to an activating group) is 1.